The molecule has 0 aliphatic rings. The largest absolute Gasteiger partial charge is 0.487 e. The van der Waals surface area contributed by atoms with Gasteiger partial charge >= 0.3 is 0 Å². The molecule has 0 saturated carbocycles. The molecular formula is C17H20N2O3S. The van der Waals surface area contributed by atoms with E-state index >= 15 is 0 Å². The van der Waals surface area contributed by atoms with E-state index in [4.69, 9.17) is 9.47 Å². The van der Waals surface area contributed by atoms with Crippen LogP contribution in [0.15, 0.2) is 35.7 Å². The molecule has 0 bridgehead atoms. The van der Waals surface area contributed by atoms with Crippen LogP contribution in [0.5, 0.6) is 5.75 Å². The fraction of sp³-hybridized carbons (Fsp3) is 0.294. The zero-order chi connectivity index (χ0) is 16.5. The van der Waals surface area contributed by atoms with E-state index in [1.807, 2.05) is 36.6 Å². The maximum atomic E-state index is 11.5. The van der Waals surface area contributed by atoms with Crippen molar-refractivity contribution in [3.05, 3.63) is 52.0 Å². The van der Waals surface area contributed by atoms with E-state index in [2.05, 4.69) is 10.3 Å². The first kappa shape index (κ1) is 17.2. The van der Waals surface area contributed by atoms with Crippen molar-refractivity contribution in [2.45, 2.75) is 13.5 Å². The van der Waals surface area contributed by atoms with Crippen molar-refractivity contribution in [1.29, 1.82) is 0 Å². The van der Waals surface area contributed by atoms with Crippen LogP contribution in [-0.4, -0.2) is 31.2 Å². The molecule has 0 fully saturated rings. The number of nitrogens with zero attached hydrogens (tertiary/aromatic N) is 1. The van der Waals surface area contributed by atoms with Gasteiger partial charge in [0.05, 0.1) is 17.3 Å². The fourth-order valence-corrected chi connectivity index (χ4v) is 2.41. The van der Waals surface area contributed by atoms with Crippen LogP contribution < -0.4 is 10.1 Å². The molecule has 1 aromatic carbocycles. The highest BCUT2D eigenvalue weighted by atomic mass is 32.1. The van der Waals surface area contributed by atoms with E-state index < -0.39 is 0 Å². The van der Waals surface area contributed by atoms with Crippen molar-refractivity contribution in [3.8, 4) is 5.75 Å². The van der Waals surface area contributed by atoms with Gasteiger partial charge in [0.1, 0.15) is 12.4 Å². The highest BCUT2D eigenvalue weighted by molar-refractivity contribution is 7.09. The van der Waals surface area contributed by atoms with Crippen LogP contribution in [0, 0.1) is 6.92 Å². The van der Waals surface area contributed by atoms with Gasteiger partial charge in [-0.3, -0.25) is 4.79 Å². The van der Waals surface area contributed by atoms with Crippen LogP contribution in [0.25, 0.3) is 6.08 Å². The summed E-state index contributed by atoms with van der Waals surface area (Å²) in [5.74, 6) is 0.638. The van der Waals surface area contributed by atoms with Crippen molar-refractivity contribution in [2.75, 3.05) is 20.3 Å². The Morgan fingerprint density at radius 3 is 2.78 bits per heavy atom. The molecule has 122 valence electrons. The quantitative estimate of drug-likeness (QED) is 0.596. The Morgan fingerprint density at radius 1 is 1.35 bits per heavy atom. The second-order valence-corrected chi connectivity index (χ2v) is 5.89. The highest BCUT2D eigenvalue weighted by Crippen LogP contribution is 2.16. The zero-order valence-corrected chi connectivity index (χ0v) is 14.1. The minimum atomic E-state index is -0.138. The standard InChI is InChI=1S/C17H20N2O3S/c1-13-19-15(12-23-13)11-22-16-6-3-14(4-7-16)5-8-17(20)18-9-10-21-2/h3-8,12H,9-11H2,1-2H3,(H,18,20)/b8-5+. The topological polar surface area (TPSA) is 60.5 Å². The predicted octanol–water partition coefficient (Wildman–Crippen LogP) is 2.81. The molecule has 23 heavy (non-hydrogen) atoms. The lowest BCUT2D eigenvalue weighted by Crippen LogP contribution is -2.24. The number of nitrogens with one attached hydrogen (secondary N) is 1. The first-order chi connectivity index (χ1) is 11.2. The first-order valence-electron chi connectivity index (χ1n) is 7.26. The lowest BCUT2D eigenvalue weighted by atomic mass is 10.2. The fourth-order valence-electron chi connectivity index (χ4n) is 1.81. The van der Waals surface area contributed by atoms with Crippen molar-refractivity contribution in [3.63, 3.8) is 0 Å². The van der Waals surface area contributed by atoms with Crippen LogP contribution in [-0.2, 0) is 16.1 Å². The Kier molecular flexibility index (Phi) is 6.77. The van der Waals surface area contributed by atoms with Gasteiger partial charge in [-0.05, 0) is 30.7 Å². The second kappa shape index (κ2) is 9.07. The smallest absolute Gasteiger partial charge is 0.244 e. The minimum Gasteiger partial charge on any atom is -0.487 e. The summed E-state index contributed by atoms with van der Waals surface area (Å²) in [5, 5.41) is 5.75. The van der Waals surface area contributed by atoms with Gasteiger partial charge in [0.2, 0.25) is 5.91 Å². The van der Waals surface area contributed by atoms with Crippen molar-refractivity contribution in [2.24, 2.45) is 0 Å². The molecule has 1 aromatic heterocycles. The second-order valence-electron chi connectivity index (χ2n) is 4.83. The molecule has 0 aliphatic heterocycles. The Labute approximate surface area is 140 Å². The number of hydrogen-bond acceptors (Lipinski definition) is 5. The number of carbonyl (C=O) groups is 1. The Balaban J connectivity index is 1.80. The van der Waals surface area contributed by atoms with Crippen LogP contribution >= 0.6 is 11.3 Å². The van der Waals surface area contributed by atoms with Gasteiger partial charge in [0, 0.05) is 25.1 Å². The third-order valence-electron chi connectivity index (χ3n) is 2.97. The van der Waals surface area contributed by atoms with E-state index in [1.165, 1.54) is 6.08 Å². The number of rotatable bonds is 8. The molecule has 0 atom stereocenters. The summed E-state index contributed by atoms with van der Waals surface area (Å²) in [7, 11) is 1.60. The molecule has 1 N–H and O–H groups in total. The lowest BCUT2D eigenvalue weighted by Gasteiger charge is -2.04. The molecule has 0 unspecified atom stereocenters. The van der Waals surface area contributed by atoms with Gasteiger partial charge in [0.25, 0.3) is 0 Å². The Hall–Kier alpha value is -2.18. The van der Waals surface area contributed by atoms with Gasteiger partial charge in [-0.25, -0.2) is 4.98 Å². The van der Waals surface area contributed by atoms with Gasteiger partial charge < -0.3 is 14.8 Å². The highest BCUT2D eigenvalue weighted by Gasteiger charge is 2.00. The van der Waals surface area contributed by atoms with Crippen molar-refractivity contribution >= 4 is 23.3 Å². The van der Waals surface area contributed by atoms with E-state index in [0.29, 0.717) is 19.8 Å². The monoisotopic (exact) mass is 332 g/mol. The summed E-state index contributed by atoms with van der Waals surface area (Å²) in [4.78, 5) is 15.9. The zero-order valence-electron chi connectivity index (χ0n) is 13.2. The summed E-state index contributed by atoms with van der Waals surface area (Å²) in [6.07, 6.45) is 3.26. The van der Waals surface area contributed by atoms with Gasteiger partial charge in [-0.15, -0.1) is 11.3 Å². The maximum Gasteiger partial charge on any atom is 0.244 e. The number of methoxy groups -OCH3 is 1. The summed E-state index contributed by atoms with van der Waals surface area (Å²) >= 11 is 1.61. The third kappa shape index (κ3) is 6.22. The molecule has 5 nitrogen and oxygen atoms in total. The molecule has 1 heterocycles. The SMILES string of the molecule is COCCNC(=O)/C=C/c1ccc(OCc2csc(C)n2)cc1. The van der Waals surface area contributed by atoms with Crippen LogP contribution in [0.2, 0.25) is 0 Å². The van der Waals surface area contributed by atoms with E-state index in [0.717, 1.165) is 22.0 Å². The number of aryl methyl sites for hydroxylation is 1. The first-order valence-corrected chi connectivity index (χ1v) is 8.14. The number of benzene rings is 1. The number of thiazole rings is 1. The molecule has 2 rings (SSSR count). The number of aromatic nitrogens is 1. The van der Waals surface area contributed by atoms with Crippen LogP contribution in [0.1, 0.15) is 16.3 Å². The molecular weight excluding hydrogens is 312 g/mol. The summed E-state index contributed by atoms with van der Waals surface area (Å²) < 4.78 is 10.5. The molecule has 2 aromatic rings. The van der Waals surface area contributed by atoms with E-state index in [-0.39, 0.29) is 5.91 Å². The number of carbonyl (C=O) groups excluding carboxylic acids is 1. The summed E-state index contributed by atoms with van der Waals surface area (Å²) in [6.45, 7) is 3.44. The molecule has 0 saturated heterocycles. The average molecular weight is 332 g/mol. The molecule has 0 radical (unpaired) electrons. The van der Waals surface area contributed by atoms with Crippen molar-refractivity contribution in [1.82, 2.24) is 10.3 Å². The molecule has 1 amide bonds. The van der Waals surface area contributed by atoms with E-state index in [1.54, 1.807) is 24.5 Å². The van der Waals surface area contributed by atoms with Gasteiger partial charge in [-0.1, -0.05) is 12.1 Å². The predicted molar refractivity (Wildman–Crippen MR) is 91.5 cm³/mol. The molecule has 0 spiro atoms. The third-order valence-corrected chi connectivity index (χ3v) is 3.79. The maximum absolute atomic E-state index is 11.5. The number of hydrogen-bond donors (Lipinski definition) is 1. The number of ether oxygens (including phenoxy) is 2. The van der Waals surface area contributed by atoms with Crippen LogP contribution in [0.3, 0.4) is 0 Å². The minimum absolute atomic E-state index is 0.138. The number of amides is 1. The summed E-state index contributed by atoms with van der Waals surface area (Å²) in [5.41, 5.74) is 1.87. The Morgan fingerprint density at radius 2 is 2.13 bits per heavy atom. The van der Waals surface area contributed by atoms with Gasteiger partial charge in [-0.2, -0.15) is 0 Å². The normalized spacial score (nSPS) is 10.9. The Bertz CT molecular complexity index is 650. The van der Waals surface area contributed by atoms with E-state index in [9.17, 15) is 4.79 Å². The van der Waals surface area contributed by atoms with Crippen molar-refractivity contribution < 1.29 is 14.3 Å². The van der Waals surface area contributed by atoms with Crippen LogP contribution in [0.4, 0.5) is 0 Å². The molecule has 0 aliphatic carbocycles. The lowest BCUT2D eigenvalue weighted by molar-refractivity contribution is -0.116. The molecule has 6 heteroatoms. The average Bonchev–Trinajstić information content (AvgIpc) is 2.98. The summed E-state index contributed by atoms with van der Waals surface area (Å²) in [6, 6.07) is 7.56. The van der Waals surface area contributed by atoms with Gasteiger partial charge in [0.15, 0.2) is 0 Å².